The highest BCUT2D eigenvalue weighted by Crippen LogP contribution is 2.04. The fourth-order valence-corrected chi connectivity index (χ4v) is 1.24. The second-order valence-corrected chi connectivity index (χ2v) is 4.36. The number of hydrogen-bond donors (Lipinski definition) is 1. The van der Waals surface area contributed by atoms with Crippen LogP contribution in [0.2, 0.25) is 0 Å². The first-order chi connectivity index (χ1) is 5.74. The fourth-order valence-electron chi connectivity index (χ4n) is 1.24. The molecule has 1 amide bonds. The van der Waals surface area contributed by atoms with Gasteiger partial charge in [0.15, 0.2) is 0 Å². The molecule has 0 aliphatic carbocycles. The second-order valence-electron chi connectivity index (χ2n) is 4.36. The van der Waals surface area contributed by atoms with E-state index in [1.54, 1.807) is 6.92 Å². The molecule has 3 heteroatoms. The molecule has 76 valence electrons. The summed E-state index contributed by atoms with van der Waals surface area (Å²) in [5, 5.41) is 2.91. The number of likely N-dealkylation sites (N-methyl/N-ethyl adjacent to an activating group) is 1. The molecule has 1 N–H and O–H groups in total. The van der Waals surface area contributed by atoms with Crippen LogP contribution in [0.15, 0.2) is 12.2 Å². The Morgan fingerprint density at radius 3 is 2.23 bits per heavy atom. The van der Waals surface area contributed by atoms with Gasteiger partial charge < -0.3 is 10.2 Å². The molecule has 0 radical (unpaired) electrons. The summed E-state index contributed by atoms with van der Waals surface area (Å²) >= 11 is 0. The van der Waals surface area contributed by atoms with Crippen LogP contribution in [0.3, 0.4) is 0 Å². The molecule has 3 nitrogen and oxygen atoms in total. The Kier molecular flexibility index (Phi) is 4.14. The van der Waals surface area contributed by atoms with Crippen LogP contribution in [0.4, 0.5) is 0 Å². The molecular weight excluding hydrogens is 164 g/mol. The first kappa shape index (κ1) is 12.2. The second kappa shape index (κ2) is 4.42. The molecule has 0 saturated carbocycles. The topological polar surface area (TPSA) is 32.3 Å². The molecule has 0 unspecified atom stereocenters. The predicted octanol–water partition coefficient (Wildman–Crippen LogP) is 1.02. The van der Waals surface area contributed by atoms with Gasteiger partial charge in [0, 0.05) is 17.7 Å². The van der Waals surface area contributed by atoms with Crippen LogP contribution < -0.4 is 5.32 Å². The maximum absolute atomic E-state index is 11.3. The van der Waals surface area contributed by atoms with Gasteiger partial charge in [-0.2, -0.15) is 0 Å². The van der Waals surface area contributed by atoms with Gasteiger partial charge in [0.1, 0.15) is 0 Å². The lowest BCUT2D eigenvalue weighted by Gasteiger charge is -2.29. The van der Waals surface area contributed by atoms with E-state index in [4.69, 9.17) is 0 Å². The van der Waals surface area contributed by atoms with E-state index in [1.165, 1.54) is 0 Å². The predicted molar refractivity (Wildman–Crippen MR) is 55.6 cm³/mol. The average molecular weight is 184 g/mol. The van der Waals surface area contributed by atoms with Crippen molar-refractivity contribution >= 4 is 5.91 Å². The Morgan fingerprint density at radius 2 is 1.92 bits per heavy atom. The summed E-state index contributed by atoms with van der Waals surface area (Å²) in [5.41, 5.74) is 0.339. The molecule has 0 bridgehead atoms. The van der Waals surface area contributed by atoms with E-state index in [-0.39, 0.29) is 11.4 Å². The largest absolute Gasteiger partial charge is 0.346 e. The molecule has 0 aromatic rings. The molecule has 0 rings (SSSR count). The summed E-state index contributed by atoms with van der Waals surface area (Å²) in [6.07, 6.45) is 0. The third-order valence-electron chi connectivity index (χ3n) is 1.55. The standard InChI is InChI=1S/C10H20N2O/c1-8(2)9(13)11-10(3,4)7-12(5)6/h1,7H2,2-6H3,(H,11,13). The van der Waals surface area contributed by atoms with E-state index < -0.39 is 0 Å². The number of hydrogen-bond acceptors (Lipinski definition) is 2. The maximum Gasteiger partial charge on any atom is 0.246 e. The van der Waals surface area contributed by atoms with E-state index in [2.05, 4.69) is 11.9 Å². The van der Waals surface area contributed by atoms with Gasteiger partial charge in [0.2, 0.25) is 5.91 Å². The van der Waals surface area contributed by atoms with Gasteiger partial charge in [0.25, 0.3) is 0 Å². The summed E-state index contributed by atoms with van der Waals surface area (Å²) in [4.78, 5) is 13.4. The summed E-state index contributed by atoms with van der Waals surface area (Å²) in [6.45, 7) is 10.1. The number of amides is 1. The molecular formula is C10H20N2O. The fraction of sp³-hybridized carbons (Fsp3) is 0.700. The van der Waals surface area contributed by atoms with Crippen molar-refractivity contribution in [3.8, 4) is 0 Å². The Hall–Kier alpha value is -0.830. The molecule has 0 aliphatic rings. The van der Waals surface area contributed by atoms with Crippen molar-refractivity contribution in [1.82, 2.24) is 10.2 Å². The maximum atomic E-state index is 11.3. The summed E-state index contributed by atoms with van der Waals surface area (Å²) in [6, 6.07) is 0. The van der Waals surface area contributed by atoms with Crippen LogP contribution in [0.1, 0.15) is 20.8 Å². The molecule has 0 heterocycles. The lowest BCUT2D eigenvalue weighted by Crippen LogP contribution is -2.50. The average Bonchev–Trinajstić information content (AvgIpc) is 1.81. The third-order valence-corrected chi connectivity index (χ3v) is 1.55. The van der Waals surface area contributed by atoms with Gasteiger partial charge in [-0.1, -0.05) is 6.58 Å². The Balaban J connectivity index is 4.16. The van der Waals surface area contributed by atoms with Crippen molar-refractivity contribution in [2.24, 2.45) is 0 Å². The zero-order chi connectivity index (χ0) is 10.6. The minimum Gasteiger partial charge on any atom is -0.346 e. The van der Waals surface area contributed by atoms with Gasteiger partial charge in [-0.05, 0) is 34.9 Å². The first-order valence-electron chi connectivity index (χ1n) is 4.37. The van der Waals surface area contributed by atoms with Crippen molar-refractivity contribution in [3.05, 3.63) is 12.2 Å². The quantitative estimate of drug-likeness (QED) is 0.662. The normalized spacial score (nSPS) is 11.5. The van der Waals surface area contributed by atoms with E-state index in [1.807, 2.05) is 32.8 Å². The molecule has 13 heavy (non-hydrogen) atoms. The molecule has 0 aromatic carbocycles. The smallest absolute Gasteiger partial charge is 0.246 e. The van der Waals surface area contributed by atoms with Crippen LogP contribution in [0.5, 0.6) is 0 Å². The number of rotatable bonds is 4. The highest BCUT2D eigenvalue weighted by Gasteiger charge is 2.20. The van der Waals surface area contributed by atoms with Crippen LogP contribution in [-0.2, 0) is 4.79 Å². The molecule has 0 spiro atoms. The van der Waals surface area contributed by atoms with Crippen molar-refractivity contribution in [2.75, 3.05) is 20.6 Å². The highest BCUT2D eigenvalue weighted by atomic mass is 16.1. The van der Waals surface area contributed by atoms with Gasteiger partial charge in [-0.25, -0.2) is 0 Å². The third kappa shape index (κ3) is 5.42. The van der Waals surface area contributed by atoms with Crippen molar-refractivity contribution in [1.29, 1.82) is 0 Å². The number of nitrogens with zero attached hydrogens (tertiary/aromatic N) is 1. The molecule has 0 saturated heterocycles. The van der Waals surface area contributed by atoms with Crippen LogP contribution in [0, 0.1) is 0 Å². The van der Waals surface area contributed by atoms with Gasteiger partial charge in [0.05, 0.1) is 0 Å². The summed E-state index contributed by atoms with van der Waals surface area (Å²) in [7, 11) is 3.96. The lowest BCUT2D eigenvalue weighted by atomic mass is 10.0. The van der Waals surface area contributed by atoms with Gasteiger partial charge in [-0.15, -0.1) is 0 Å². The minimum absolute atomic E-state index is 0.0770. The van der Waals surface area contributed by atoms with Crippen molar-refractivity contribution in [2.45, 2.75) is 26.3 Å². The first-order valence-corrected chi connectivity index (χ1v) is 4.37. The van der Waals surface area contributed by atoms with Crippen LogP contribution >= 0.6 is 0 Å². The number of carbonyl (C=O) groups is 1. The minimum atomic E-state index is -0.209. The van der Waals surface area contributed by atoms with Gasteiger partial charge >= 0.3 is 0 Å². The zero-order valence-electron chi connectivity index (χ0n) is 9.27. The summed E-state index contributed by atoms with van der Waals surface area (Å²) < 4.78 is 0. The lowest BCUT2D eigenvalue weighted by molar-refractivity contribution is -0.119. The van der Waals surface area contributed by atoms with Crippen molar-refractivity contribution < 1.29 is 4.79 Å². The van der Waals surface area contributed by atoms with E-state index in [0.717, 1.165) is 6.54 Å². The highest BCUT2D eigenvalue weighted by molar-refractivity contribution is 5.92. The van der Waals surface area contributed by atoms with Crippen molar-refractivity contribution in [3.63, 3.8) is 0 Å². The Bertz CT molecular complexity index is 207. The SMILES string of the molecule is C=C(C)C(=O)NC(C)(C)CN(C)C. The molecule has 0 aromatic heterocycles. The van der Waals surface area contributed by atoms with E-state index in [9.17, 15) is 4.79 Å². The molecule has 0 aliphatic heterocycles. The van der Waals surface area contributed by atoms with Crippen LogP contribution in [0.25, 0.3) is 0 Å². The van der Waals surface area contributed by atoms with Crippen LogP contribution in [-0.4, -0.2) is 37.0 Å². The number of nitrogens with one attached hydrogen (secondary N) is 1. The molecule has 0 fully saturated rings. The number of carbonyl (C=O) groups excluding carboxylic acids is 1. The van der Waals surface area contributed by atoms with E-state index >= 15 is 0 Å². The summed E-state index contributed by atoms with van der Waals surface area (Å²) in [5.74, 6) is -0.0770. The van der Waals surface area contributed by atoms with E-state index in [0.29, 0.717) is 5.57 Å². The monoisotopic (exact) mass is 184 g/mol. The Morgan fingerprint density at radius 1 is 1.46 bits per heavy atom. The molecule has 0 atom stereocenters. The van der Waals surface area contributed by atoms with Gasteiger partial charge in [-0.3, -0.25) is 4.79 Å². The Labute approximate surface area is 80.8 Å². The zero-order valence-corrected chi connectivity index (χ0v) is 9.27.